The third-order valence-corrected chi connectivity index (χ3v) is 4.76. The molecular formula is C18H28N4O. The van der Waals surface area contributed by atoms with Gasteiger partial charge in [0, 0.05) is 38.9 Å². The van der Waals surface area contributed by atoms with Crippen LogP contribution in [0.2, 0.25) is 0 Å². The van der Waals surface area contributed by atoms with Crippen molar-refractivity contribution >= 4 is 11.7 Å². The molecule has 3 heterocycles. The number of nitrogens with one attached hydrogen (secondary N) is 1. The molecule has 5 nitrogen and oxygen atoms in total. The van der Waals surface area contributed by atoms with Gasteiger partial charge in [-0.2, -0.15) is 0 Å². The summed E-state index contributed by atoms with van der Waals surface area (Å²) in [5, 5.41) is 3.00. The van der Waals surface area contributed by atoms with E-state index in [0.717, 1.165) is 45.0 Å². The van der Waals surface area contributed by atoms with Crippen LogP contribution in [0, 0.1) is 5.92 Å². The van der Waals surface area contributed by atoms with Crippen LogP contribution >= 0.6 is 0 Å². The predicted octanol–water partition coefficient (Wildman–Crippen LogP) is 2.03. The summed E-state index contributed by atoms with van der Waals surface area (Å²) in [5.74, 6) is 1.77. The van der Waals surface area contributed by atoms with E-state index in [9.17, 15) is 4.79 Å². The number of aromatic nitrogens is 1. The van der Waals surface area contributed by atoms with Gasteiger partial charge in [-0.05, 0) is 36.8 Å². The molecule has 0 radical (unpaired) electrons. The van der Waals surface area contributed by atoms with E-state index in [-0.39, 0.29) is 11.9 Å². The molecule has 0 bridgehead atoms. The Labute approximate surface area is 139 Å². The van der Waals surface area contributed by atoms with Gasteiger partial charge in [0.05, 0.1) is 6.04 Å². The Morgan fingerprint density at radius 3 is 2.70 bits per heavy atom. The van der Waals surface area contributed by atoms with Crippen LogP contribution in [0.4, 0.5) is 5.82 Å². The Balaban J connectivity index is 1.65. The summed E-state index contributed by atoms with van der Waals surface area (Å²) in [4.78, 5) is 21.5. The van der Waals surface area contributed by atoms with E-state index < -0.39 is 0 Å². The molecule has 1 unspecified atom stereocenters. The van der Waals surface area contributed by atoms with Crippen LogP contribution < -0.4 is 10.2 Å². The van der Waals surface area contributed by atoms with E-state index in [1.165, 1.54) is 18.4 Å². The van der Waals surface area contributed by atoms with Crippen molar-refractivity contribution < 1.29 is 4.79 Å². The summed E-state index contributed by atoms with van der Waals surface area (Å²) >= 11 is 0. The molecule has 2 aliphatic heterocycles. The van der Waals surface area contributed by atoms with Crippen molar-refractivity contribution in [2.75, 3.05) is 31.1 Å². The van der Waals surface area contributed by atoms with Crippen LogP contribution in [-0.2, 0) is 11.3 Å². The smallest absolute Gasteiger partial charge is 0.237 e. The number of piperazine rings is 1. The second kappa shape index (κ2) is 7.30. The molecule has 1 aromatic heterocycles. The minimum Gasteiger partial charge on any atom is -0.357 e. The highest BCUT2D eigenvalue weighted by atomic mass is 16.2. The SMILES string of the molecule is CC(C)CC1C(=O)NCCN1Cc1ccc(N2CCCC2)nc1. The predicted molar refractivity (Wildman–Crippen MR) is 92.3 cm³/mol. The Kier molecular flexibility index (Phi) is 5.16. The van der Waals surface area contributed by atoms with E-state index >= 15 is 0 Å². The lowest BCUT2D eigenvalue weighted by Crippen LogP contribution is -2.55. The molecule has 2 saturated heterocycles. The average Bonchev–Trinajstić information content (AvgIpc) is 3.05. The lowest BCUT2D eigenvalue weighted by Gasteiger charge is -2.36. The van der Waals surface area contributed by atoms with Crippen LogP contribution in [0.15, 0.2) is 18.3 Å². The molecule has 126 valence electrons. The Bertz CT molecular complexity index is 522. The molecule has 2 fully saturated rings. The first-order chi connectivity index (χ1) is 11.1. The van der Waals surface area contributed by atoms with Gasteiger partial charge in [-0.15, -0.1) is 0 Å². The number of amides is 1. The van der Waals surface area contributed by atoms with Crippen LogP contribution in [0.25, 0.3) is 0 Å². The minimum absolute atomic E-state index is 0.0120. The molecule has 5 heteroatoms. The zero-order valence-electron chi connectivity index (χ0n) is 14.3. The highest BCUT2D eigenvalue weighted by Gasteiger charge is 2.30. The van der Waals surface area contributed by atoms with Crippen molar-refractivity contribution in [3.63, 3.8) is 0 Å². The molecule has 1 amide bonds. The minimum atomic E-state index is -0.0120. The Hall–Kier alpha value is -1.62. The van der Waals surface area contributed by atoms with Crippen LogP contribution in [0.5, 0.6) is 0 Å². The van der Waals surface area contributed by atoms with E-state index in [0.29, 0.717) is 5.92 Å². The third kappa shape index (κ3) is 4.02. The molecule has 3 rings (SSSR count). The number of carbonyl (C=O) groups excluding carboxylic acids is 1. The van der Waals surface area contributed by atoms with Gasteiger partial charge in [0.25, 0.3) is 0 Å². The summed E-state index contributed by atoms with van der Waals surface area (Å²) in [6.45, 7) is 9.05. The van der Waals surface area contributed by atoms with E-state index in [2.05, 4.69) is 46.1 Å². The van der Waals surface area contributed by atoms with Gasteiger partial charge in [0.2, 0.25) is 5.91 Å². The number of carbonyl (C=O) groups is 1. The second-order valence-corrected chi connectivity index (χ2v) is 7.13. The number of anilines is 1. The van der Waals surface area contributed by atoms with Gasteiger partial charge in [0.15, 0.2) is 0 Å². The standard InChI is InChI=1S/C18H28N4O/c1-14(2)11-16-18(23)19-7-10-22(16)13-15-5-6-17(20-12-15)21-8-3-4-9-21/h5-6,12,14,16H,3-4,7-11,13H2,1-2H3,(H,19,23). The van der Waals surface area contributed by atoms with Crippen molar-refractivity contribution in [1.82, 2.24) is 15.2 Å². The summed E-state index contributed by atoms with van der Waals surface area (Å²) in [6, 6.07) is 4.28. The largest absolute Gasteiger partial charge is 0.357 e. The van der Waals surface area contributed by atoms with Gasteiger partial charge >= 0.3 is 0 Å². The van der Waals surface area contributed by atoms with E-state index in [4.69, 9.17) is 0 Å². The number of nitrogens with zero attached hydrogens (tertiary/aromatic N) is 3. The molecule has 1 atom stereocenters. The first-order valence-electron chi connectivity index (χ1n) is 8.85. The average molecular weight is 316 g/mol. The molecule has 0 aliphatic carbocycles. The van der Waals surface area contributed by atoms with Crippen molar-refractivity contribution in [2.45, 2.75) is 45.7 Å². The maximum atomic E-state index is 12.2. The van der Waals surface area contributed by atoms with Crippen LogP contribution in [-0.4, -0.2) is 48.0 Å². The highest BCUT2D eigenvalue weighted by Crippen LogP contribution is 2.20. The monoisotopic (exact) mass is 316 g/mol. The van der Waals surface area contributed by atoms with Gasteiger partial charge in [0.1, 0.15) is 5.82 Å². The molecule has 1 aromatic rings. The Morgan fingerprint density at radius 1 is 1.26 bits per heavy atom. The fourth-order valence-electron chi connectivity index (χ4n) is 3.53. The number of hydrogen-bond donors (Lipinski definition) is 1. The fraction of sp³-hybridized carbons (Fsp3) is 0.667. The third-order valence-electron chi connectivity index (χ3n) is 4.76. The topological polar surface area (TPSA) is 48.5 Å². The molecule has 0 saturated carbocycles. The van der Waals surface area contributed by atoms with Gasteiger partial charge in [-0.25, -0.2) is 4.98 Å². The number of rotatable bonds is 5. The summed E-state index contributed by atoms with van der Waals surface area (Å²) in [5.41, 5.74) is 1.19. The normalized spacial score (nSPS) is 22.7. The zero-order valence-corrected chi connectivity index (χ0v) is 14.3. The van der Waals surface area contributed by atoms with Crippen molar-refractivity contribution in [1.29, 1.82) is 0 Å². The second-order valence-electron chi connectivity index (χ2n) is 7.13. The molecule has 2 aliphatic rings. The maximum absolute atomic E-state index is 12.2. The van der Waals surface area contributed by atoms with Crippen LogP contribution in [0.1, 0.15) is 38.7 Å². The number of hydrogen-bond acceptors (Lipinski definition) is 4. The quantitative estimate of drug-likeness (QED) is 0.903. The first kappa shape index (κ1) is 16.2. The zero-order chi connectivity index (χ0) is 16.2. The lowest BCUT2D eigenvalue weighted by molar-refractivity contribution is -0.130. The highest BCUT2D eigenvalue weighted by molar-refractivity contribution is 5.82. The maximum Gasteiger partial charge on any atom is 0.237 e. The summed E-state index contributed by atoms with van der Waals surface area (Å²) < 4.78 is 0. The number of pyridine rings is 1. The van der Waals surface area contributed by atoms with Gasteiger partial charge < -0.3 is 10.2 Å². The van der Waals surface area contributed by atoms with Gasteiger partial charge in [-0.1, -0.05) is 19.9 Å². The molecule has 0 spiro atoms. The summed E-state index contributed by atoms with van der Waals surface area (Å²) in [7, 11) is 0. The molecule has 1 N–H and O–H groups in total. The molecule has 23 heavy (non-hydrogen) atoms. The van der Waals surface area contributed by atoms with E-state index in [1.54, 1.807) is 0 Å². The van der Waals surface area contributed by atoms with Crippen LogP contribution in [0.3, 0.4) is 0 Å². The molecule has 0 aromatic carbocycles. The van der Waals surface area contributed by atoms with Crippen molar-refractivity contribution in [2.24, 2.45) is 5.92 Å². The first-order valence-corrected chi connectivity index (χ1v) is 8.85. The lowest BCUT2D eigenvalue weighted by atomic mass is 9.99. The molecular weight excluding hydrogens is 288 g/mol. The fourth-order valence-corrected chi connectivity index (χ4v) is 3.53. The Morgan fingerprint density at radius 2 is 2.04 bits per heavy atom. The van der Waals surface area contributed by atoms with Crippen molar-refractivity contribution in [3.8, 4) is 0 Å². The summed E-state index contributed by atoms with van der Waals surface area (Å²) in [6.07, 6.45) is 5.42. The van der Waals surface area contributed by atoms with Gasteiger partial charge in [-0.3, -0.25) is 9.69 Å². The van der Waals surface area contributed by atoms with Crippen molar-refractivity contribution in [3.05, 3.63) is 23.9 Å². The van der Waals surface area contributed by atoms with E-state index in [1.807, 2.05) is 6.20 Å².